The molecule has 3 nitrogen and oxygen atoms in total. The van der Waals surface area contributed by atoms with Crippen molar-refractivity contribution >= 4 is 5.69 Å². The summed E-state index contributed by atoms with van der Waals surface area (Å²) in [7, 11) is 3.80. The molecule has 0 spiro atoms. The SMILES string of the molecule is CNC(C)c1cc(F)c(C)cc1N(C)C(C)CC#N. The molecule has 1 rings (SSSR count). The van der Waals surface area contributed by atoms with Gasteiger partial charge in [-0.1, -0.05) is 0 Å². The fourth-order valence-electron chi connectivity index (χ4n) is 2.00. The zero-order chi connectivity index (χ0) is 14.6. The largest absolute Gasteiger partial charge is 0.371 e. The van der Waals surface area contributed by atoms with Crippen LogP contribution < -0.4 is 10.2 Å². The number of hydrogen-bond acceptors (Lipinski definition) is 3. The summed E-state index contributed by atoms with van der Waals surface area (Å²) in [4.78, 5) is 2.04. The summed E-state index contributed by atoms with van der Waals surface area (Å²) in [5.74, 6) is -0.192. The van der Waals surface area contributed by atoms with E-state index in [9.17, 15) is 4.39 Å². The Morgan fingerprint density at radius 1 is 1.42 bits per heavy atom. The van der Waals surface area contributed by atoms with Gasteiger partial charge < -0.3 is 10.2 Å². The molecule has 0 aromatic heterocycles. The Labute approximate surface area is 115 Å². The summed E-state index contributed by atoms with van der Waals surface area (Å²) in [6.07, 6.45) is 0.445. The van der Waals surface area contributed by atoms with E-state index in [1.807, 2.05) is 38.9 Å². The van der Waals surface area contributed by atoms with Gasteiger partial charge in [-0.05, 0) is 51.1 Å². The van der Waals surface area contributed by atoms with Crippen LogP contribution >= 0.6 is 0 Å². The molecule has 0 saturated heterocycles. The number of nitriles is 1. The zero-order valence-corrected chi connectivity index (χ0v) is 12.3. The maximum atomic E-state index is 13.8. The van der Waals surface area contributed by atoms with Crippen LogP contribution in [0.5, 0.6) is 0 Å². The first kappa shape index (κ1) is 15.5. The fourth-order valence-corrected chi connectivity index (χ4v) is 2.00. The third kappa shape index (κ3) is 3.45. The highest BCUT2D eigenvalue weighted by Crippen LogP contribution is 2.30. The molecule has 4 heteroatoms. The lowest BCUT2D eigenvalue weighted by molar-refractivity contribution is 0.596. The summed E-state index contributed by atoms with van der Waals surface area (Å²) in [6.45, 7) is 5.75. The van der Waals surface area contributed by atoms with Crippen LogP contribution in [-0.4, -0.2) is 20.1 Å². The van der Waals surface area contributed by atoms with E-state index >= 15 is 0 Å². The molecule has 19 heavy (non-hydrogen) atoms. The van der Waals surface area contributed by atoms with Gasteiger partial charge >= 0.3 is 0 Å². The van der Waals surface area contributed by atoms with Gasteiger partial charge in [0.15, 0.2) is 0 Å². The fraction of sp³-hybridized carbons (Fsp3) is 0.533. The summed E-state index contributed by atoms with van der Waals surface area (Å²) in [5, 5.41) is 11.9. The molecule has 0 amide bonds. The molecular weight excluding hydrogens is 241 g/mol. The number of anilines is 1. The Balaban J connectivity index is 3.24. The average Bonchev–Trinajstić information content (AvgIpc) is 2.39. The van der Waals surface area contributed by atoms with Gasteiger partial charge in [-0.25, -0.2) is 4.39 Å². The Kier molecular flexibility index (Phi) is 5.31. The van der Waals surface area contributed by atoms with Crippen molar-refractivity contribution in [2.24, 2.45) is 0 Å². The monoisotopic (exact) mass is 263 g/mol. The summed E-state index contributed by atoms with van der Waals surface area (Å²) < 4.78 is 13.8. The van der Waals surface area contributed by atoms with Crippen LogP contribution in [0.15, 0.2) is 12.1 Å². The molecule has 0 saturated carbocycles. The predicted octanol–water partition coefficient (Wildman–Crippen LogP) is 3.15. The van der Waals surface area contributed by atoms with Crippen molar-refractivity contribution in [1.29, 1.82) is 5.26 Å². The summed E-state index contributed by atoms with van der Waals surface area (Å²) in [5.41, 5.74) is 2.51. The van der Waals surface area contributed by atoms with Crippen molar-refractivity contribution in [3.05, 3.63) is 29.1 Å². The summed E-state index contributed by atoms with van der Waals surface area (Å²) >= 11 is 0. The van der Waals surface area contributed by atoms with Crippen molar-refractivity contribution in [2.45, 2.75) is 39.3 Å². The van der Waals surface area contributed by atoms with Crippen LogP contribution in [0.3, 0.4) is 0 Å². The maximum absolute atomic E-state index is 13.8. The van der Waals surface area contributed by atoms with Crippen molar-refractivity contribution in [3.63, 3.8) is 0 Å². The first-order valence-electron chi connectivity index (χ1n) is 6.49. The molecule has 0 fully saturated rings. The minimum atomic E-state index is -0.192. The molecule has 0 radical (unpaired) electrons. The Morgan fingerprint density at radius 2 is 2.05 bits per heavy atom. The van der Waals surface area contributed by atoms with Crippen LogP contribution in [0.25, 0.3) is 0 Å². The third-order valence-electron chi connectivity index (χ3n) is 3.64. The van der Waals surface area contributed by atoms with Gasteiger partial charge in [0.1, 0.15) is 5.82 Å². The molecule has 104 valence electrons. The second-order valence-electron chi connectivity index (χ2n) is 4.99. The van der Waals surface area contributed by atoms with Crippen molar-refractivity contribution < 1.29 is 4.39 Å². The molecule has 1 aromatic carbocycles. The highest BCUT2D eigenvalue weighted by atomic mass is 19.1. The standard InChI is InChI=1S/C15H22FN3/c1-10-8-15(19(5)11(2)6-7-17)13(9-14(10)16)12(3)18-4/h8-9,11-12,18H,6H2,1-5H3. The van der Waals surface area contributed by atoms with Crippen LogP contribution in [0.2, 0.25) is 0 Å². The number of benzene rings is 1. The smallest absolute Gasteiger partial charge is 0.126 e. The highest BCUT2D eigenvalue weighted by Gasteiger charge is 2.18. The highest BCUT2D eigenvalue weighted by molar-refractivity contribution is 5.57. The maximum Gasteiger partial charge on any atom is 0.126 e. The molecule has 0 heterocycles. The number of halogens is 1. The average molecular weight is 263 g/mol. The Morgan fingerprint density at radius 3 is 2.58 bits per heavy atom. The van der Waals surface area contributed by atoms with Crippen molar-refractivity contribution in [3.8, 4) is 6.07 Å². The number of nitrogens with one attached hydrogen (secondary N) is 1. The molecule has 0 bridgehead atoms. The lowest BCUT2D eigenvalue weighted by Crippen LogP contribution is -2.30. The topological polar surface area (TPSA) is 39.1 Å². The van der Waals surface area contributed by atoms with Gasteiger partial charge in [0.25, 0.3) is 0 Å². The van der Waals surface area contributed by atoms with Gasteiger partial charge in [-0.2, -0.15) is 5.26 Å². The third-order valence-corrected chi connectivity index (χ3v) is 3.64. The van der Waals surface area contributed by atoms with Crippen LogP contribution in [0.4, 0.5) is 10.1 Å². The van der Waals surface area contributed by atoms with Gasteiger partial charge in [0.2, 0.25) is 0 Å². The molecular formula is C15H22FN3. The number of aryl methyl sites for hydroxylation is 1. The predicted molar refractivity (Wildman–Crippen MR) is 76.7 cm³/mol. The molecule has 2 unspecified atom stereocenters. The van der Waals surface area contributed by atoms with Crippen molar-refractivity contribution in [1.82, 2.24) is 5.32 Å². The van der Waals surface area contributed by atoms with E-state index in [1.54, 1.807) is 13.0 Å². The second kappa shape index (κ2) is 6.53. The van der Waals surface area contributed by atoms with Crippen LogP contribution in [0, 0.1) is 24.1 Å². The van der Waals surface area contributed by atoms with Gasteiger partial charge in [-0.3, -0.25) is 0 Å². The first-order valence-corrected chi connectivity index (χ1v) is 6.49. The first-order chi connectivity index (χ1) is 8.92. The molecule has 1 N–H and O–H groups in total. The molecule has 0 aliphatic heterocycles. The molecule has 1 aromatic rings. The van der Waals surface area contributed by atoms with Gasteiger partial charge in [-0.15, -0.1) is 0 Å². The zero-order valence-electron chi connectivity index (χ0n) is 12.3. The molecule has 0 aliphatic carbocycles. The van der Waals surface area contributed by atoms with E-state index in [1.165, 1.54) is 0 Å². The van der Waals surface area contributed by atoms with Crippen molar-refractivity contribution in [2.75, 3.05) is 19.0 Å². The van der Waals surface area contributed by atoms with E-state index < -0.39 is 0 Å². The van der Waals surface area contributed by atoms with Gasteiger partial charge in [0.05, 0.1) is 12.5 Å². The minimum Gasteiger partial charge on any atom is -0.371 e. The van der Waals surface area contributed by atoms with E-state index in [-0.39, 0.29) is 17.9 Å². The summed E-state index contributed by atoms with van der Waals surface area (Å²) in [6, 6.07) is 5.77. The second-order valence-corrected chi connectivity index (χ2v) is 4.99. The van der Waals surface area contributed by atoms with Gasteiger partial charge in [0, 0.05) is 24.8 Å². The lowest BCUT2D eigenvalue weighted by Gasteiger charge is -2.30. The van der Waals surface area contributed by atoms with Crippen LogP contribution in [0.1, 0.15) is 37.4 Å². The number of nitrogens with zero attached hydrogens (tertiary/aromatic N) is 2. The molecule has 0 aliphatic rings. The van der Waals surface area contributed by atoms with Crippen LogP contribution in [-0.2, 0) is 0 Å². The Hall–Kier alpha value is -1.60. The van der Waals surface area contributed by atoms with E-state index in [0.29, 0.717) is 12.0 Å². The Bertz CT molecular complexity index is 479. The minimum absolute atomic E-state index is 0.0573. The quantitative estimate of drug-likeness (QED) is 0.887. The normalized spacial score (nSPS) is 13.7. The van der Waals surface area contributed by atoms with E-state index in [0.717, 1.165) is 11.3 Å². The lowest BCUT2D eigenvalue weighted by atomic mass is 10.0. The number of rotatable bonds is 5. The number of hydrogen-bond donors (Lipinski definition) is 1. The van der Waals surface area contributed by atoms with E-state index in [4.69, 9.17) is 5.26 Å². The molecule has 2 atom stereocenters. The van der Waals surface area contributed by atoms with E-state index in [2.05, 4.69) is 11.4 Å².